The maximum Gasteiger partial charge on any atom is 0.216 e. The molecule has 0 saturated carbocycles. The molecule has 0 bridgehead atoms. The first-order chi connectivity index (χ1) is 13.1. The number of aryl methyl sites for hydroxylation is 2. The van der Waals surface area contributed by atoms with Crippen molar-refractivity contribution in [2.45, 2.75) is 39.7 Å². The molecule has 0 radical (unpaired) electrons. The standard InChI is InChI=1S/C19H24N6O2/c1-12-13(2)19(23-25-14(3)21-22-18(12)25)24-9-6-15(7-10-24)27-16-5-8-20-17(11-16)26-4/h5,8,11,15H,6-7,9-10H2,1-4H3. The van der Waals surface area contributed by atoms with Gasteiger partial charge >= 0.3 is 0 Å². The molecular formula is C19H24N6O2. The van der Waals surface area contributed by atoms with Gasteiger partial charge < -0.3 is 14.4 Å². The number of piperidine rings is 1. The van der Waals surface area contributed by atoms with E-state index in [-0.39, 0.29) is 6.10 Å². The predicted molar refractivity (Wildman–Crippen MR) is 102 cm³/mol. The topological polar surface area (TPSA) is 77.7 Å². The first-order valence-electron chi connectivity index (χ1n) is 9.17. The Morgan fingerprint density at radius 1 is 1.07 bits per heavy atom. The molecule has 142 valence electrons. The normalized spacial score (nSPS) is 15.3. The molecule has 0 aromatic carbocycles. The number of ether oxygens (including phenoxy) is 2. The zero-order valence-corrected chi connectivity index (χ0v) is 16.1. The lowest BCUT2D eigenvalue weighted by Crippen LogP contribution is -2.39. The summed E-state index contributed by atoms with van der Waals surface area (Å²) >= 11 is 0. The zero-order valence-electron chi connectivity index (χ0n) is 16.1. The largest absolute Gasteiger partial charge is 0.490 e. The van der Waals surface area contributed by atoms with Crippen LogP contribution >= 0.6 is 0 Å². The molecule has 0 amide bonds. The molecule has 0 spiro atoms. The molecule has 3 aromatic heterocycles. The van der Waals surface area contributed by atoms with Crippen LogP contribution in [0.15, 0.2) is 18.3 Å². The van der Waals surface area contributed by atoms with Crippen LogP contribution in [-0.4, -0.2) is 51.1 Å². The van der Waals surface area contributed by atoms with Crippen LogP contribution in [0.2, 0.25) is 0 Å². The van der Waals surface area contributed by atoms with Gasteiger partial charge in [0.1, 0.15) is 11.9 Å². The lowest BCUT2D eigenvalue weighted by molar-refractivity contribution is 0.170. The molecule has 3 aromatic rings. The molecule has 8 heteroatoms. The van der Waals surface area contributed by atoms with E-state index in [9.17, 15) is 0 Å². The van der Waals surface area contributed by atoms with Crippen molar-refractivity contribution >= 4 is 11.5 Å². The molecule has 0 N–H and O–H groups in total. The number of fused-ring (bicyclic) bond motifs is 1. The van der Waals surface area contributed by atoms with Crippen LogP contribution in [0.1, 0.15) is 29.8 Å². The summed E-state index contributed by atoms with van der Waals surface area (Å²) in [6.07, 6.45) is 3.75. The molecule has 1 fully saturated rings. The van der Waals surface area contributed by atoms with E-state index in [0.717, 1.165) is 60.1 Å². The Hall–Kier alpha value is -2.90. The second-order valence-electron chi connectivity index (χ2n) is 6.89. The van der Waals surface area contributed by atoms with Crippen molar-refractivity contribution in [1.29, 1.82) is 0 Å². The van der Waals surface area contributed by atoms with Gasteiger partial charge in [0.25, 0.3) is 0 Å². The van der Waals surface area contributed by atoms with E-state index in [2.05, 4.69) is 33.9 Å². The van der Waals surface area contributed by atoms with E-state index < -0.39 is 0 Å². The zero-order chi connectivity index (χ0) is 19.0. The van der Waals surface area contributed by atoms with E-state index in [1.807, 2.05) is 23.6 Å². The van der Waals surface area contributed by atoms with Crippen LogP contribution in [0.25, 0.3) is 5.65 Å². The van der Waals surface area contributed by atoms with Gasteiger partial charge in [-0.05, 0) is 26.8 Å². The van der Waals surface area contributed by atoms with Gasteiger partial charge in [-0.15, -0.1) is 15.3 Å². The molecule has 0 aliphatic carbocycles. The van der Waals surface area contributed by atoms with Gasteiger partial charge in [0, 0.05) is 49.3 Å². The Kier molecular flexibility index (Phi) is 4.55. The average Bonchev–Trinajstić information content (AvgIpc) is 3.06. The third-order valence-corrected chi connectivity index (χ3v) is 5.18. The quantitative estimate of drug-likeness (QED) is 0.700. The Bertz CT molecular complexity index is 962. The number of methoxy groups -OCH3 is 1. The second kappa shape index (κ2) is 7.02. The summed E-state index contributed by atoms with van der Waals surface area (Å²) in [5.41, 5.74) is 3.12. The van der Waals surface area contributed by atoms with E-state index in [0.29, 0.717) is 5.88 Å². The van der Waals surface area contributed by atoms with Crippen LogP contribution in [0, 0.1) is 20.8 Å². The minimum absolute atomic E-state index is 0.176. The van der Waals surface area contributed by atoms with Crippen molar-refractivity contribution in [3.8, 4) is 11.6 Å². The highest BCUT2D eigenvalue weighted by atomic mass is 16.5. The fraction of sp³-hybridized carbons (Fsp3) is 0.474. The predicted octanol–water partition coefficient (Wildman–Crippen LogP) is 2.50. The van der Waals surface area contributed by atoms with Crippen molar-refractivity contribution in [2.24, 2.45) is 0 Å². The minimum Gasteiger partial charge on any atom is -0.490 e. The van der Waals surface area contributed by atoms with Crippen molar-refractivity contribution in [2.75, 3.05) is 25.1 Å². The summed E-state index contributed by atoms with van der Waals surface area (Å²) < 4.78 is 13.1. The highest BCUT2D eigenvalue weighted by molar-refractivity contribution is 5.59. The summed E-state index contributed by atoms with van der Waals surface area (Å²) in [5, 5.41) is 13.2. The van der Waals surface area contributed by atoms with Crippen LogP contribution in [0.5, 0.6) is 11.6 Å². The van der Waals surface area contributed by atoms with Gasteiger partial charge in [0.05, 0.1) is 7.11 Å². The first kappa shape index (κ1) is 17.5. The number of pyridine rings is 1. The molecule has 0 unspecified atom stereocenters. The van der Waals surface area contributed by atoms with E-state index in [1.54, 1.807) is 13.3 Å². The van der Waals surface area contributed by atoms with Gasteiger partial charge in [-0.2, -0.15) is 4.52 Å². The summed E-state index contributed by atoms with van der Waals surface area (Å²) in [6, 6.07) is 3.69. The Labute approximate surface area is 158 Å². The number of aromatic nitrogens is 5. The fourth-order valence-electron chi connectivity index (χ4n) is 3.47. The van der Waals surface area contributed by atoms with Gasteiger partial charge in [0.15, 0.2) is 17.3 Å². The van der Waals surface area contributed by atoms with Crippen LogP contribution in [-0.2, 0) is 0 Å². The minimum atomic E-state index is 0.176. The highest BCUT2D eigenvalue weighted by Crippen LogP contribution is 2.27. The van der Waals surface area contributed by atoms with Crippen molar-refractivity contribution < 1.29 is 9.47 Å². The second-order valence-corrected chi connectivity index (χ2v) is 6.89. The molecule has 8 nitrogen and oxygen atoms in total. The summed E-state index contributed by atoms with van der Waals surface area (Å²) in [7, 11) is 1.61. The number of hydrogen-bond acceptors (Lipinski definition) is 7. The number of hydrogen-bond donors (Lipinski definition) is 0. The lowest BCUT2D eigenvalue weighted by Gasteiger charge is -2.33. The van der Waals surface area contributed by atoms with Crippen molar-refractivity contribution in [1.82, 2.24) is 24.8 Å². The molecule has 0 atom stereocenters. The monoisotopic (exact) mass is 368 g/mol. The summed E-state index contributed by atoms with van der Waals surface area (Å²) in [5.74, 6) is 3.18. The number of nitrogens with zero attached hydrogens (tertiary/aromatic N) is 6. The molecule has 27 heavy (non-hydrogen) atoms. The molecule has 1 aliphatic rings. The highest BCUT2D eigenvalue weighted by Gasteiger charge is 2.24. The third-order valence-electron chi connectivity index (χ3n) is 5.18. The Morgan fingerprint density at radius 3 is 2.59 bits per heavy atom. The maximum absolute atomic E-state index is 6.12. The molecule has 4 rings (SSSR count). The number of rotatable bonds is 4. The summed E-state index contributed by atoms with van der Waals surface area (Å²) in [6.45, 7) is 7.90. The smallest absolute Gasteiger partial charge is 0.216 e. The lowest BCUT2D eigenvalue weighted by atomic mass is 10.1. The van der Waals surface area contributed by atoms with E-state index >= 15 is 0 Å². The SMILES string of the molecule is COc1cc(OC2CCN(c3nn4c(C)nnc4c(C)c3C)CC2)ccn1. The fourth-order valence-corrected chi connectivity index (χ4v) is 3.47. The van der Waals surface area contributed by atoms with E-state index in [1.165, 1.54) is 0 Å². The molecule has 1 saturated heterocycles. The first-order valence-corrected chi connectivity index (χ1v) is 9.17. The Morgan fingerprint density at radius 2 is 1.85 bits per heavy atom. The average molecular weight is 368 g/mol. The van der Waals surface area contributed by atoms with Crippen molar-refractivity contribution in [3.05, 3.63) is 35.3 Å². The third kappa shape index (κ3) is 3.27. The molecule has 4 heterocycles. The number of anilines is 1. The van der Waals surface area contributed by atoms with Crippen LogP contribution in [0.3, 0.4) is 0 Å². The van der Waals surface area contributed by atoms with Crippen molar-refractivity contribution in [3.63, 3.8) is 0 Å². The maximum atomic E-state index is 6.12. The van der Waals surface area contributed by atoms with Crippen LogP contribution < -0.4 is 14.4 Å². The van der Waals surface area contributed by atoms with Crippen LogP contribution in [0.4, 0.5) is 5.82 Å². The van der Waals surface area contributed by atoms with Gasteiger partial charge in [-0.1, -0.05) is 0 Å². The van der Waals surface area contributed by atoms with Gasteiger partial charge in [-0.25, -0.2) is 4.98 Å². The van der Waals surface area contributed by atoms with E-state index in [4.69, 9.17) is 14.6 Å². The Balaban J connectivity index is 1.48. The molecular weight excluding hydrogens is 344 g/mol. The summed E-state index contributed by atoms with van der Waals surface area (Å²) in [4.78, 5) is 6.44. The van der Waals surface area contributed by atoms with Gasteiger partial charge in [-0.3, -0.25) is 0 Å². The van der Waals surface area contributed by atoms with Gasteiger partial charge in [0.2, 0.25) is 5.88 Å². The molecule has 1 aliphatic heterocycles.